The molecule has 0 aliphatic heterocycles. The third-order valence-electron chi connectivity index (χ3n) is 3.12. The first-order valence-electron chi connectivity index (χ1n) is 6.27. The van der Waals surface area contributed by atoms with Gasteiger partial charge in [-0.1, -0.05) is 12.1 Å². The molecule has 4 nitrogen and oxygen atoms in total. The molecule has 2 aromatic rings. The number of aromatic hydroxyl groups is 2. The minimum Gasteiger partial charge on any atom is -0.507 e. The Kier molecular flexibility index (Phi) is 4.02. The maximum absolute atomic E-state index is 9.83. The molecule has 1 aromatic carbocycles. The Labute approximate surface area is 112 Å². The smallest absolute Gasteiger partial charge is 0.124 e. The number of hydrogen-bond donors (Lipinski definition) is 3. The summed E-state index contributed by atoms with van der Waals surface area (Å²) in [5, 5.41) is 23.0. The van der Waals surface area contributed by atoms with Crippen LogP contribution in [0, 0.1) is 0 Å². The zero-order valence-corrected chi connectivity index (χ0v) is 11.0. The van der Waals surface area contributed by atoms with E-state index >= 15 is 0 Å². The molecule has 1 aromatic heterocycles. The van der Waals surface area contributed by atoms with Crippen molar-refractivity contribution >= 4 is 0 Å². The highest BCUT2D eigenvalue weighted by Crippen LogP contribution is 2.33. The first kappa shape index (κ1) is 13.4. The van der Waals surface area contributed by atoms with E-state index in [2.05, 4.69) is 10.3 Å². The zero-order chi connectivity index (χ0) is 13.8. The number of nitrogens with one attached hydrogen (secondary N) is 1. The second-order valence-electron chi connectivity index (χ2n) is 4.57. The van der Waals surface area contributed by atoms with E-state index in [1.54, 1.807) is 24.4 Å². The zero-order valence-electron chi connectivity index (χ0n) is 11.0. The molecule has 0 radical (unpaired) electrons. The van der Waals surface area contributed by atoms with Gasteiger partial charge in [-0.2, -0.15) is 0 Å². The Morgan fingerprint density at radius 2 is 1.63 bits per heavy atom. The number of hydrogen-bond acceptors (Lipinski definition) is 4. The molecule has 0 bridgehead atoms. The van der Waals surface area contributed by atoms with Gasteiger partial charge in [-0.05, 0) is 38.1 Å². The largest absolute Gasteiger partial charge is 0.507 e. The SMILES string of the molecule is CC(NC(C)c1c(O)cccc1O)c1ccccn1. The molecule has 0 fully saturated rings. The van der Waals surface area contributed by atoms with Gasteiger partial charge in [-0.25, -0.2) is 0 Å². The molecule has 0 spiro atoms. The average molecular weight is 258 g/mol. The molecule has 0 saturated heterocycles. The molecule has 2 rings (SSSR count). The number of phenolic OH excluding ortho intramolecular Hbond substituents is 2. The van der Waals surface area contributed by atoms with Gasteiger partial charge < -0.3 is 15.5 Å². The summed E-state index contributed by atoms with van der Waals surface area (Å²) >= 11 is 0. The van der Waals surface area contributed by atoms with Gasteiger partial charge in [0, 0.05) is 18.3 Å². The molecular formula is C15H18N2O2. The maximum atomic E-state index is 9.83. The van der Waals surface area contributed by atoms with Gasteiger partial charge in [0.05, 0.1) is 11.3 Å². The summed E-state index contributed by atoms with van der Waals surface area (Å²) in [7, 11) is 0. The van der Waals surface area contributed by atoms with Crippen LogP contribution >= 0.6 is 0 Å². The van der Waals surface area contributed by atoms with Gasteiger partial charge in [0.15, 0.2) is 0 Å². The lowest BCUT2D eigenvalue weighted by Gasteiger charge is -2.21. The first-order chi connectivity index (χ1) is 9.09. The van der Waals surface area contributed by atoms with Crippen molar-refractivity contribution in [2.45, 2.75) is 25.9 Å². The first-order valence-corrected chi connectivity index (χ1v) is 6.27. The van der Waals surface area contributed by atoms with Crippen LogP contribution in [0.25, 0.3) is 0 Å². The number of pyridine rings is 1. The molecular weight excluding hydrogens is 240 g/mol. The molecule has 2 atom stereocenters. The Bertz CT molecular complexity index is 523. The highest BCUT2D eigenvalue weighted by atomic mass is 16.3. The fraction of sp³-hybridized carbons (Fsp3) is 0.267. The van der Waals surface area contributed by atoms with Gasteiger partial charge in [0.2, 0.25) is 0 Å². The van der Waals surface area contributed by atoms with Gasteiger partial charge >= 0.3 is 0 Å². The molecule has 19 heavy (non-hydrogen) atoms. The van der Waals surface area contributed by atoms with Crippen LogP contribution in [-0.2, 0) is 0 Å². The molecule has 2 unspecified atom stereocenters. The van der Waals surface area contributed by atoms with Crippen molar-refractivity contribution in [3.63, 3.8) is 0 Å². The number of benzene rings is 1. The van der Waals surface area contributed by atoms with E-state index in [0.717, 1.165) is 5.69 Å². The highest BCUT2D eigenvalue weighted by Gasteiger charge is 2.17. The van der Waals surface area contributed by atoms with E-state index in [1.807, 2.05) is 32.0 Å². The van der Waals surface area contributed by atoms with Crippen LogP contribution in [0.4, 0.5) is 0 Å². The molecule has 1 heterocycles. The second kappa shape index (κ2) is 5.71. The topological polar surface area (TPSA) is 65.4 Å². The molecule has 3 N–H and O–H groups in total. The predicted molar refractivity (Wildman–Crippen MR) is 74.0 cm³/mol. The van der Waals surface area contributed by atoms with Crippen molar-refractivity contribution in [1.82, 2.24) is 10.3 Å². The van der Waals surface area contributed by atoms with Gasteiger partial charge in [0.1, 0.15) is 11.5 Å². The molecule has 0 aliphatic rings. The summed E-state index contributed by atoms with van der Waals surface area (Å²) in [5.74, 6) is 0.182. The number of phenols is 2. The fourth-order valence-corrected chi connectivity index (χ4v) is 2.16. The molecule has 0 amide bonds. The number of aromatic nitrogens is 1. The molecule has 0 saturated carbocycles. The summed E-state index contributed by atoms with van der Waals surface area (Å²) in [5.41, 5.74) is 1.43. The van der Waals surface area contributed by atoms with Crippen LogP contribution in [-0.4, -0.2) is 15.2 Å². The summed E-state index contributed by atoms with van der Waals surface area (Å²) < 4.78 is 0. The Balaban J connectivity index is 2.15. The summed E-state index contributed by atoms with van der Waals surface area (Å²) in [4.78, 5) is 4.28. The third kappa shape index (κ3) is 3.03. The van der Waals surface area contributed by atoms with Crippen LogP contribution in [0.15, 0.2) is 42.6 Å². The van der Waals surface area contributed by atoms with Crippen molar-refractivity contribution in [3.05, 3.63) is 53.9 Å². The highest BCUT2D eigenvalue weighted by molar-refractivity contribution is 5.45. The summed E-state index contributed by atoms with van der Waals surface area (Å²) in [6.45, 7) is 3.89. The van der Waals surface area contributed by atoms with Gasteiger partial charge in [-0.3, -0.25) is 4.98 Å². The minimum atomic E-state index is -0.182. The normalized spacial score (nSPS) is 14.0. The monoisotopic (exact) mass is 258 g/mol. The molecule has 100 valence electrons. The van der Waals surface area contributed by atoms with E-state index in [4.69, 9.17) is 0 Å². The third-order valence-corrected chi connectivity index (χ3v) is 3.12. The predicted octanol–water partition coefficient (Wildman–Crippen LogP) is 2.90. The van der Waals surface area contributed by atoms with Crippen molar-refractivity contribution < 1.29 is 10.2 Å². The van der Waals surface area contributed by atoms with Crippen LogP contribution in [0.3, 0.4) is 0 Å². The lowest BCUT2D eigenvalue weighted by atomic mass is 10.0. The molecule has 0 aliphatic carbocycles. The van der Waals surface area contributed by atoms with E-state index in [-0.39, 0.29) is 23.6 Å². The van der Waals surface area contributed by atoms with E-state index in [1.165, 1.54) is 0 Å². The fourth-order valence-electron chi connectivity index (χ4n) is 2.16. The van der Waals surface area contributed by atoms with Crippen molar-refractivity contribution in [2.24, 2.45) is 0 Å². The van der Waals surface area contributed by atoms with E-state index in [9.17, 15) is 10.2 Å². The van der Waals surface area contributed by atoms with Gasteiger partial charge in [-0.15, -0.1) is 0 Å². The summed E-state index contributed by atoms with van der Waals surface area (Å²) in [6, 6.07) is 10.3. The number of nitrogens with zero attached hydrogens (tertiary/aromatic N) is 1. The summed E-state index contributed by atoms with van der Waals surface area (Å²) in [6.07, 6.45) is 1.75. The average Bonchev–Trinajstić information content (AvgIpc) is 2.39. The van der Waals surface area contributed by atoms with Crippen molar-refractivity contribution in [3.8, 4) is 11.5 Å². The Morgan fingerprint density at radius 1 is 0.947 bits per heavy atom. The van der Waals surface area contributed by atoms with Crippen LogP contribution in [0.5, 0.6) is 11.5 Å². The lowest BCUT2D eigenvalue weighted by molar-refractivity contribution is 0.405. The van der Waals surface area contributed by atoms with Crippen LogP contribution in [0.2, 0.25) is 0 Å². The van der Waals surface area contributed by atoms with Gasteiger partial charge in [0.25, 0.3) is 0 Å². The van der Waals surface area contributed by atoms with Crippen molar-refractivity contribution in [2.75, 3.05) is 0 Å². The standard InChI is InChI=1S/C15H18N2O2/c1-10(12-6-3-4-9-16-12)17-11(2)15-13(18)7-5-8-14(15)19/h3-11,17-19H,1-2H3. The van der Waals surface area contributed by atoms with Crippen LogP contribution < -0.4 is 5.32 Å². The molecule has 4 heteroatoms. The van der Waals surface area contributed by atoms with E-state index in [0.29, 0.717) is 5.56 Å². The Hall–Kier alpha value is -2.07. The van der Waals surface area contributed by atoms with E-state index < -0.39 is 0 Å². The number of rotatable bonds is 4. The Morgan fingerprint density at radius 3 is 2.21 bits per heavy atom. The second-order valence-corrected chi connectivity index (χ2v) is 4.57. The maximum Gasteiger partial charge on any atom is 0.124 e. The van der Waals surface area contributed by atoms with Crippen LogP contribution in [0.1, 0.15) is 37.2 Å². The lowest BCUT2D eigenvalue weighted by Crippen LogP contribution is -2.23. The quantitative estimate of drug-likeness (QED) is 0.789. The van der Waals surface area contributed by atoms with Crippen molar-refractivity contribution in [1.29, 1.82) is 0 Å². The minimum absolute atomic E-state index is 0.0233.